The van der Waals surface area contributed by atoms with Crippen LogP contribution in [0.5, 0.6) is 0 Å². The van der Waals surface area contributed by atoms with Gasteiger partial charge in [0.05, 0.1) is 5.92 Å². The normalized spacial score (nSPS) is 25.4. The Morgan fingerprint density at radius 2 is 2.05 bits per heavy atom. The smallest absolute Gasteiger partial charge is 0.306 e. The third-order valence-electron chi connectivity index (χ3n) is 4.32. The minimum Gasteiger partial charge on any atom is -0.481 e. The Kier molecular flexibility index (Phi) is 4.11. The lowest BCUT2D eigenvalue weighted by Crippen LogP contribution is -2.35. The van der Waals surface area contributed by atoms with Crippen LogP contribution in [-0.2, 0) is 11.2 Å². The molecule has 1 N–H and O–H groups in total. The van der Waals surface area contributed by atoms with Crippen LogP contribution in [0.15, 0.2) is 18.2 Å². The lowest BCUT2D eigenvalue weighted by Gasteiger charge is -2.39. The minimum atomic E-state index is -0.871. The summed E-state index contributed by atoms with van der Waals surface area (Å²) >= 11 is 0. The number of aliphatic carboxylic acids is 1. The maximum absolute atomic E-state index is 13.2. The summed E-state index contributed by atoms with van der Waals surface area (Å²) in [6, 6.07) is 3.82. The van der Waals surface area contributed by atoms with Gasteiger partial charge in [-0.25, -0.2) is 8.78 Å². The zero-order valence-electron chi connectivity index (χ0n) is 11.8. The predicted octanol–water partition coefficient (Wildman–Crippen LogP) is 4.03. The van der Waals surface area contributed by atoms with Crippen LogP contribution in [0.4, 0.5) is 8.78 Å². The second kappa shape index (κ2) is 5.51. The Morgan fingerprint density at radius 3 is 2.65 bits per heavy atom. The molecule has 0 saturated heterocycles. The quantitative estimate of drug-likeness (QED) is 0.908. The van der Waals surface area contributed by atoms with E-state index in [1.807, 2.05) is 0 Å². The van der Waals surface area contributed by atoms with E-state index in [2.05, 4.69) is 13.8 Å². The number of carboxylic acid groups (broad SMARTS) is 1. The van der Waals surface area contributed by atoms with Gasteiger partial charge in [0.1, 0.15) is 0 Å². The van der Waals surface area contributed by atoms with Gasteiger partial charge in [-0.2, -0.15) is 0 Å². The average Bonchev–Trinajstić information content (AvgIpc) is 2.32. The second-order valence-corrected chi connectivity index (χ2v) is 6.56. The third-order valence-corrected chi connectivity index (χ3v) is 4.32. The number of benzene rings is 1. The summed E-state index contributed by atoms with van der Waals surface area (Å²) in [7, 11) is 0. The van der Waals surface area contributed by atoms with Crippen molar-refractivity contribution in [1.29, 1.82) is 0 Å². The van der Waals surface area contributed by atoms with E-state index in [0.29, 0.717) is 18.4 Å². The molecule has 0 spiro atoms. The van der Waals surface area contributed by atoms with Gasteiger partial charge in [0.25, 0.3) is 0 Å². The molecule has 1 aromatic rings. The van der Waals surface area contributed by atoms with E-state index in [-0.39, 0.29) is 11.3 Å². The van der Waals surface area contributed by atoms with E-state index in [1.165, 1.54) is 6.07 Å². The van der Waals surface area contributed by atoms with E-state index in [0.717, 1.165) is 18.9 Å². The first kappa shape index (κ1) is 14.9. The number of rotatable bonds is 3. The predicted molar refractivity (Wildman–Crippen MR) is 72.3 cm³/mol. The second-order valence-electron chi connectivity index (χ2n) is 6.56. The summed E-state index contributed by atoms with van der Waals surface area (Å²) in [6.07, 6.45) is 2.81. The Hall–Kier alpha value is -1.45. The van der Waals surface area contributed by atoms with Crippen molar-refractivity contribution in [3.05, 3.63) is 35.4 Å². The van der Waals surface area contributed by atoms with Gasteiger partial charge in [-0.05, 0) is 54.7 Å². The van der Waals surface area contributed by atoms with Crippen molar-refractivity contribution in [1.82, 2.24) is 0 Å². The van der Waals surface area contributed by atoms with E-state index < -0.39 is 23.5 Å². The molecule has 0 heterocycles. The first-order valence-electron chi connectivity index (χ1n) is 6.95. The molecule has 2 unspecified atom stereocenters. The van der Waals surface area contributed by atoms with E-state index >= 15 is 0 Å². The molecule has 2 atom stereocenters. The number of hydrogen-bond donors (Lipinski definition) is 1. The standard InChI is InChI=1S/C16H20F2O2/c1-16(2)6-5-12(15(19)20)11(9-16)7-10-3-4-13(17)14(18)8-10/h3-4,8,11-12H,5-7,9H2,1-2H3,(H,19,20). The summed E-state index contributed by atoms with van der Waals surface area (Å²) < 4.78 is 26.2. The molecule has 1 aliphatic rings. The molecule has 0 amide bonds. The monoisotopic (exact) mass is 282 g/mol. The number of carbonyl (C=O) groups is 1. The van der Waals surface area contributed by atoms with Crippen LogP contribution in [0, 0.1) is 28.9 Å². The van der Waals surface area contributed by atoms with Gasteiger partial charge in [-0.15, -0.1) is 0 Å². The summed E-state index contributed by atoms with van der Waals surface area (Å²) in [5, 5.41) is 9.32. The van der Waals surface area contributed by atoms with Gasteiger partial charge in [0.2, 0.25) is 0 Å². The Labute approximate surface area is 117 Å². The van der Waals surface area contributed by atoms with Crippen molar-refractivity contribution in [2.24, 2.45) is 17.3 Å². The summed E-state index contributed by atoms with van der Waals surface area (Å²) in [5.74, 6) is -2.94. The largest absolute Gasteiger partial charge is 0.481 e. The maximum Gasteiger partial charge on any atom is 0.306 e. The topological polar surface area (TPSA) is 37.3 Å². The molecule has 0 radical (unpaired) electrons. The van der Waals surface area contributed by atoms with Crippen molar-refractivity contribution >= 4 is 5.97 Å². The number of carboxylic acids is 1. The van der Waals surface area contributed by atoms with Crippen LogP contribution >= 0.6 is 0 Å². The lowest BCUT2D eigenvalue weighted by atomic mass is 9.65. The first-order chi connectivity index (χ1) is 9.28. The molecule has 1 aliphatic carbocycles. The van der Waals surface area contributed by atoms with Crippen molar-refractivity contribution < 1.29 is 18.7 Å². The molecule has 20 heavy (non-hydrogen) atoms. The molecule has 1 aromatic carbocycles. The minimum absolute atomic E-state index is 0.0267. The fraction of sp³-hybridized carbons (Fsp3) is 0.562. The van der Waals surface area contributed by atoms with Crippen LogP contribution in [0.3, 0.4) is 0 Å². The lowest BCUT2D eigenvalue weighted by molar-refractivity contribution is -0.146. The van der Waals surface area contributed by atoms with E-state index in [1.54, 1.807) is 6.07 Å². The molecule has 0 aliphatic heterocycles. The van der Waals surface area contributed by atoms with Crippen LogP contribution in [0.1, 0.15) is 38.7 Å². The zero-order chi connectivity index (χ0) is 14.9. The summed E-state index contributed by atoms with van der Waals surface area (Å²) in [4.78, 5) is 11.4. The fourth-order valence-electron chi connectivity index (χ4n) is 3.24. The van der Waals surface area contributed by atoms with Gasteiger partial charge in [0, 0.05) is 0 Å². The first-order valence-corrected chi connectivity index (χ1v) is 6.95. The average molecular weight is 282 g/mol. The SMILES string of the molecule is CC1(C)CCC(C(=O)O)C(Cc2ccc(F)c(F)c2)C1. The molecule has 2 nitrogen and oxygen atoms in total. The molecule has 0 aromatic heterocycles. The van der Waals surface area contributed by atoms with E-state index in [9.17, 15) is 18.7 Å². The number of halogens is 2. The van der Waals surface area contributed by atoms with E-state index in [4.69, 9.17) is 0 Å². The Morgan fingerprint density at radius 1 is 1.35 bits per heavy atom. The summed E-state index contributed by atoms with van der Waals surface area (Å²) in [5.41, 5.74) is 0.771. The van der Waals surface area contributed by atoms with Gasteiger partial charge < -0.3 is 5.11 Å². The van der Waals surface area contributed by atoms with Crippen molar-refractivity contribution in [3.63, 3.8) is 0 Å². The molecule has 110 valence electrons. The van der Waals surface area contributed by atoms with Gasteiger partial charge in [0.15, 0.2) is 11.6 Å². The van der Waals surface area contributed by atoms with Crippen LogP contribution in [0.2, 0.25) is 0 Å². The van der Waals surface area contributed by atoms with Gasteiger partial charge >= 0.3 is 5.97 Å². The molecule has 1 saturated carbocycles. The van der Waals surface area contributed by atoms with Gasteiger partial charge in [-0.3, -0.25) is 4.79 Å². The molecule has 0 bridgehead atoms. The molecule has 4 heteroatoms. The highest BCUT2D eigenvalue weighted by atomic mass is 19.2. The molecular formula is C16H20F2O2. The highest BCUT2D eigenvalue weighted by Gasteiger charge is 2.38. The third kappa shape index (κ3) is 3.35. The molecule has 1 fully saturated rings. The van der Waals surface area contributed by atoms with Gasteiger partial charge in [-0.1, -0.05) is 19.9 Å². The molecule has 2 rings (SSSR count). The molecular weight excluding hydrogens is 262 g/mol. The zero-order valence-corrected chi connectivity index (χ0v) is 11.8. The van der Waals surface area contributed by atoms with Crippen molar-refractivity contribution in [2.45, 2.75) is 39.5 Å². The Bertz CT molecular complexity index is 511. The van der Waals surface area contributed by atoms with Crippen LogP contribution in [0.25, 0.3) is 0 Å². The van der Waals surface area contributed by atoms with Crippen molar-refractivity contribution in [2.75, 3.05) is 0 Å². The fourth-order valence-corrected chi connectivity index (χ4v) is 3.24. The highest BCUT2D eigenvalue weighted by molar-refractivity contribution is 5.70. The Balaban J connectivity index is 2.18. The van der Waals surface area contributed by atoms with Crippen LogP contribution in [-0.4, -0.2) is 11.1 Å². The summed E-state index contributed by atoms with van der Waals surface area (Å²) in [6.45, 7) is 4.26. The number of hydrogen-bond acceptors (Lipinski definition) is 1. The maximum atomic E-state index is 13.2. The van der Waals surface area contributed by atoms with Crippen LogP contribution < -0.4 is 0 Å². The van der Waals surface area contributed by atoms with Crippen molar-refractivity contribution in [3.8, 4) is 0 Å². The highest BCUT2D eigenvalue weighted by Crippen LogP contribution is 2.43.